The molecule has 3 heterocycles. The van der Waals surface area contributed by atoms with Gasteiger partial charge in [-0.2, -0.15) is 0 Å². The number of hydrogen-bond acceptors (Lipinski definition) is 6. The van der Waals surface area contributed by atoms with Gasteiger partial charge in [0, 0.05) is 17.3 Å². The fourth-order valence-electron chi connectivity index (χ4n) is 5.13. The summed E-state index contributed by atoms with van der Waals surface area (Å²) in [6.07, 6.45) is 1.59. The van der Waals surface area contributed by atoms with Gasteiger partial charge in [-0.3, -0.25) is 14.2 Å². The average Bonchev–Trinajstić information content (AvgIpc) is 3.57. The molecule has 0 radical (unpaired) electrons. The Kier molecular flexibility index (Phi) is 7.21. The molecule has 0 unspecified atom stereocenters. The van der Waals surface area contributed by atoms with E-state index in [4.69, 9.17) is 4.42 Å². The number of carbonyl (C=O) groups excluding carboxylic acids is 1. The van der Waals surface area contributed by atoms with Crippen molar-refractivity contribution in [2.45, 2.75) is 19.9 Å². The highest BCUT2D eigenvalue weighted by molar-refractivity contribution is 7.07. The van der Waals surface area contributed by atoms with Crippen LogP contribution in [0.2, 0.25) is 0 Å². The molecule has 1 amide bonds. The topological polar surface area (TPSA) is 114 Å². The van der Waals surface area contributed by atoms with Crippen molar-refractivity contribution < 1.29 is 23.5 Å². The van der Waals surface area contributed by atoms with E-state index in [1.807, 2.05) is 6.07 Å². The maximum absolute atomic E-state index is 13.9. The fraction of sp³-hybridized carbons (Fsp3) is 0.0909. The molecule has 6 rings (SSSR count). The van der Waals surface area contributed by atoms with Crippen molar-refractivity contribution in [1.29, 1.82) is 0 Å². The number of nitrogens with zero attached hydrogens (tertiary/aromatic N) is 2. The van der Waals surface area contributed by atoms with Crippen molar-refractivity contribution in [3.05, 3.63) is 144 Å². The largest absolute Gasteiger partial charge is 0.478 e. The maximum Gasteiger partial charge on any atom is 0.335 e. The van der Waals surface area contributed by atoms with Gasteiger partial charge in [0.1, 0.15) is 17.3 Å². The van der Waals surface area contributed by atoms with Crippen LogP contribution in [0.1, 0.15) is 40.2 Å². The van der Waals surface area contributed by atoms with Crippen molar-refractivity contribution in [2.24, 2.45) is 4.99 Å². The molecule has 1 atom stereocenters. The Morgan fingerprint density at radius 2 is 1.74 bits per heavy atom. The molecule has 5 aromatic rings. The van der Waals surface area contributed by atoms with Gasteiger partial charge in [-0.1, -0.05) is 53.8 Å². The van der Waals surface area contributed by atoms with Gasteiger partial charge < -0.3 is 14.8 Å². The van der Waals surface area contributed by atoms with E-state index in [2.05, 4.69) is 10.3 Å². The van der Waals surface area contributed by atoms with Crippen LogP contribution in [-0.4, -0.2) is 21.6 Å². The number of allylic oxidation sites excluding steroid dienone is 1. The molecular formula is C33H24FN3O5S. The number of para-hydroxylation sites is 1. The van der Waals surface area contributed by atoms with Crippen molar-refractivity contribution in [3.8, 4) is 11.3 Å². The zero-order valence-corrected chi connectivity index (χ0v) is 23.8. The van der Waals surface area contributed by atoms with E-state index in [1.54, 1.807) is 80.6 Å². The number of furan rings is 1. The van der Waals surface area contributed by atoms with Gasteiger partial charge in [0.2, 0.25) is 0 Å². The van der Waals surface area contributed by atoms with E-state index in [1.165, 1.54) is 22.8 Å². The Morgan fingerprint density at radius 1 is 1.00 bits per heavy atom. The van der Waals surface area contributed by atoms with Crippen LogP contribution in [0.4, 0.5) is 10.1 Å². The van der Waals surface area contributed by atoms with Crippen molar-refractivity contribution in [3.63, 3.8) is 0 Å². The lowest BCUT2D eigenvalue weighted by molar-refractivity contribution is -0.113. The summed E-state index contributed by atoms with van der Waals surface area (Å²) >= 11 is 1.14. The Labute approximate surface area is 248 Å². The summed E-state index contributed by atoms with van der Waals surface area (Å²) in [5.74, 6) is -1.05. The predicted molar refractivity (Wildman–Crippen MR) is 161 cm³/mol. The minimum absolute atomic E-state index is 0.173. The molecule has 214 valence electrons. The third kappa shape index (κ3) is 5.24. The van der Waals surface area contributed by atoms with Gasteiger partial charge >= 0.3 is 5.97 Å². The van der Waals surface area contributed by atoms with E-state index < -0.39 is 29.3 Å². The number of thiazole rings is 1. The highest BCUT2D eigenvalue weighted by Gasteiger charge is 2.32. The first-order valence-corrected chi connectivity index (χ1v) is 14.1. The molecule has 43 heavy (non-hydrogen) atoms. The van der Waals surface area contributed by atoms with Crippen LogP contribution in [0, 0.1) is 12.7 Å². The van der Waals surface area contributed by atoms with E-state index in [9.17, 15) is 23.9 Å². The van der Waals surface area contributed by atoms with Gasteiger partial charge in [-0.25, -0.2) is 14.2 Å². The Morgan fingerprint density at radius 3 is 2.47 bits per heavy atom. The lowest BCUT2D eigenvalue weighted by atomic mass is 9.95. The number of carboxylic acids is 1. The third-order valence-electron chi connectivity index (χ3n) is 7.21. The van der Waals surface area contributed by atoms with Gasteiger partial charge in [-0.05, 0) is 67.4 Å². The number of rotatable bonds is 6. The summed E-state index contributed by atoms with van der Waals surface area (Å²) in [6.45, 7) is 3.42. The van der Waals surface area contributed by atoms with Crippen LogP contribution in [0.15, 0.2) is 110 Å². The molecule has 0 fully saturated rings. The molecule has 0 saturated heterocycles. The number of benzene rings is 3. The Balaban J connectivity index is 1.44. The van der Waals surface area contributed by atoms with Crippen LogP contribution < -0.4 is 20.2 Å². The van der Waals surface area contributed by atoms with E-state index in [0.29, 0.717) is 48.9 Å². The van der Waals surface area contributed by atoms with Crippen LogP contribution in [0.3, 0.4) is 0 Å². The molecule has 1 aliphatic heterocycles. The second kappa shape index (κ2) is 11.1. The second-order valence-electron chi connectivity index (χ2n) is 9.94. The number of aromatic nitrogens is 1. The molecular weight excluding hydrogens is 569 g/mol. The van der Waals surface area contributed by atoms with Gasteiger partial charge in [0.15, 0.2) is 4.80 Å². The monoisotopic (exact) mass is 593 g/mol. The quantitative estimate of drug-likeness (QED) is 0.278. The number of carboxylic acid groups (broad SMARTS) is 1. The van der Waals surface area contributed by atoms with Gasteiger partial charge in [-0.15, -0.1) is 0 Å². The Hall–Kier alpha value is -5.35. The number of hydrogen-bond donors (Lipinski definition) is 2. The first-order valence-electron chi connectivity index (χ1n) is 13.3. The molecule has 0 saturated carbocycles. The van der Waals surface area contributed by atoms with Crippen molar-refractivity contribution in [1.82, 2.24) is 4.57 Å². The summed E-state index contributed by atoms with van der Waals surface area (Å²) in [6, 6.07) is 22.1. The molecule has 3 aromatic carbocycles. The predicted octanol–water partition coefficient (Wildman–Crippen LogP) is 5.28. The number of amides is 1. The summed E-state index contributed by atoms with van der Waals surface area (Å²) in [7, 11) is 0. The zero-order valence-electron chi connectivity index (χ0n) is 23.0. The molecule has 2 aromatic heterocycles. The van der Waals surface area contributed by atoms with Crippen molar-refractivity contribution in [2.75, 3.05) is 5.32 Å². The highest BCUT2D eigenvalue weighted by atomic mass is 32.1. The normalized spacial score (nSPS) is 14.8. The lowest BCUT2D eigenvalue weighted by Crippen LogP contribution is -2.40. The summed E-state index contributed by atoms with van der Waals surface area (Å²) in [4.78, 5) is 44.1. The SMILES string of the molecule is CC1=C(C(=O)Nc2ccccc2)[C@@H](c2ccc(F)cc2)n2c(s/c(=C\c3ccc(-c4cccc(C(=O)O)c4C)o3)c2=O)=N1. The number of carbonyl (C=O) groups is 2. The van der Waals surface area contributed by atoms with Crippen LogP contribution >= 0.6 is 11.3 Å². The van der Waals surface area contributed by atoms with Crippen LogP contribution in [0.25, 0.3) is 17.4 Å². The molecule has 0 aliphatic carbocycles. The molecule has 1 aliphatic rings. The van der Waals surface area contributed by atoms with Gasteiger partial charge in [0.25, 0.3) is 11.5 Å². The summed E-state index contributed by atoms with van der Waals surface area (Å²) in [5.41, 5.74) is 2.81. The maximum atomic E-state index is 13.9. The molecule has 2 N–H and O–H groups in total. The van der Waals surface area contributed by atoms with E-state index in [0.717, 1.165) is 11.3 Å². The van der Waals surface area contributed by atoms with E-state index >= 15 is 0 Å². The minimum atomic E-state index is -1.03. The smallest absolute Gasteiger partial charge is 0.335 e. The summed E-state index contributed by atoms with van der Waals surface area (Å²) in [5, 5.41) is 12.4. The molecule has 0 bridgehead atoms. The number of anilines is 1. The second-order valence-corrected chi connectivity index (χ2v) is 10.9. The highest BCUT2D eigenvalue weighted by Crippen LogP contribution is 2.31. The standard InChI is InChI=1S/C33H24FN3O5S/c1-18-24(9-6-10-25(18)32(40)41)26-16-15-23(42-26)17-27-31(39)37-29(20-11-13-21(34)14-12-20)28(19(2)35-33(37)43-27)30(38)36-22-7-4-3-5-8-22/h3-17,29H,1-2H3,(H,36,38)(H,40,41)/b27-17-/t29-/m1/s1. The number of fused-ring (bicyclic) bond motifs is 1. The first kappa shape index (κ1) is 27.8. The third-order valence-corrected chi connectivity index (χ3v) is 8.20. The van der Waals surface area contributed by atoms with Crippen molar-refractivity contribution >= 4 is 35.0 Å². The minimum Gasteiger partial charge on any atom is -0.478 e. The molecule has 8 nitrogen and oxygen atoms in total. The average molecular weight is 594 g/mol. The zero-order chi connectivity index (χ0) is 30.2. The number of nitrogens with one attached hydrogen (secondary N) is 1. The fourth-order valence-corrected chi connectivity index (χ4v) is 6.16. The summed E-state index contributed by atoms with van der Waals surface area (Å²) < 4.78 is 21.7. The Bertz CT molecular complexity index is 2110. The van der Waals surface area contributed by atoms with Crippen LogP contribution in [-0.2, 0) is 4.79 Å². The number of aromatic carboxylic acids is 1. The molecule has 0 spiro atoms. The first-order chi connectivity index (χ1) is 20.7. The van der Waals surface area contributed by atoms with Crippen LogP contribution in [0.5, 0.6) is 0 Å². The van der Waals surface area contributed by atoms with E-state index in [-0.39, 0.29) is 11.1 Å². The molecule has 10 heteroatoms. The van der Waals surface area contributed by atoms with Gasteiger partial charge in [0.05, 0.1) is 27.4 Å². The number of halogens is 1. The lowest BCUT2D eigenvalue weighted by Gasteiger charge is -2.25.